The Morgan fingerprint density at radius 1 is 1.10 bits per heavy atom. The fourth-order valence-corrected chi connectivity index (χ4v) is 4.53. The van der Waals surface area contributed by atoms with E-state index < -0.39 is 33.2 Å². The quantitative estimate of drug-likeness (QED) is 0.431. The highest BCUT2D eigenvalue weighted by Crippen LogP contribution is 2.50. The zero-order valence-corrected chi connectivity index (χ0v) is 17.9. The van der Waals surface area contributed by atoms with E-state index in [1.807, 2.05) is 20.8 Å². The van der Waals surface area contributed by atoms with Crippen LogP contribution >= 0.6 is 0 Å². The van der Waals surface area contributed by atoms with Gasteiger partial charge in [0.2, 0.25) is 0 Å². The zero-order chi connectivity index (χ0) is 22.2. The molecule has 0 unspecified atom stereocenters. The lowest BCUT2D eigenvalue weighted by Gasteiger charge is -2.56. The normalized spacial score (nSPS) is 30.3. The second kappa shape index (κ2) is 7.76. The van der Waals surface area contributed by atoms with Gasteiger partial charge in [-0.1, -0.05) is 20.3 Å². The maximum Gasteiger partial charge on any atom is 0.269 e. The van der Waals surface area contributed by atoms with E-state index in [1.54, 1.807) is 19.1 Å². The van der Waals surface area contributed by atoms with Gasteiger partial charge in [-0.15, -0.1) is 0 Å². The number of nitrogens with zero attached hydrogens (tertiary/aromatic N) is 1. The highest BCUT2D eigenvalue weighted by atomic mass is 16.7. The van der Waals surface area contributed by atoms with Gasteiger partial charge in [0.05, 0.1) is 23.7 Å². The lowest BCUT2D eigenvalue weighted by atomic mass is 9.56. The standard InChI is InChI=1S/C22H30N2O6/c1-19(2)10-5-11-20(3,22(19,26)13-12-21(4)29-14-15-30-21)23-18(25)16-6-8-17(9-7-16)24(27)28/h6-9,12-13,26H,5,10-11,14-15H2,1-4H3,(H,23,25)/b13-12+/t20-,22-/m1/s1. The van der Waals surface area contributed by atoms with Crippen molar-refractivity contribution in [1.29, 1.82) is 0 Å². The van der Waals surface area contributed by atoms with Crippen molar-refractivity contribution in [3.8, 4) is 0 Å². The monoisotopic (exact) mass is 418 g/mol. The summed E-state index contributed by atoms with van der Waals surface area (Å²) in [7, 11) is 0. The minimum Gasteiger partial charge on any atom is -0.383 e. The van der Waals surface area contributed by atoms with E-state index in [1.165, 1.54) is 24.3 Å². The molecule has 30 heavy (non-hydrogen) atoms. The predicted molar refractivity (Wildman–Crippen MR) is 111 cm³/mol. The summed E-state index contributed by atoms with van der Waals surface area (Å²) in [4.78, 5) is 23.3. The summed E-state index contributed by atoms with van der Waals surface area (Å²) >= 11 is 0. The number of non-ortho nitro benzene ring substituents is 1. The topological polar surface area (TPSA) is 111 Å². The first-order valence-corrected chi connectivity index (χ1v) is 10.2. The zero-order valence-electron chi connectivity index (χ0n) is 17.9. The predicted octanol–water partition coefficient (Wildman–Crippen LogP) is 3.34. The van der Waals surface area contributed by atoms with Gasteiger partial charge in [0, 0.05) is 17.7 Å². The molecule has 0 spiro atoms. The smallest absolute Gasteiger partial charge is 0.269 e. The fourth-order valence-electron chi connectivity index (χ4n) is 4.53. The van der Waals surface area contributed by atoms with Crippen molar-refractivity contribution in [1.82, 2.24) is 5.32 Å². The van der Waals surface area contributed by atoms with Crippen LogP contribution in [0, 0.1) is 15.5 Å². The molecule has 2 fully saturated rings. The largest absolute Gasteiger partial charge is 0.383 e. The van der Waals surface area contributed by atoms with Gasteiger partial charge in [0.25, 0.3) is 11.6 Å². The fraction of sp³-hybridized carbons (Fsp3) is 0.591. The van der Waals surface area contributed by atoms with Crippen LogP contribution in [-0.4, -0.2) is 46.1 Å². The van der Waals surface area contributed by atoms with Gasteiger partial charge in [-0.05, 0) is 56.4 Å². The first-order chi connectivity index (χ1) is 13.9. The molecule has 0 bridgehead atoms. The van der Waals surface area contributed by atoms with E-state index in [-0.39, 0.29) is 5.69 Å². The summed E-state index contributed by atoms with van der Waals surface area (Å²) in [5.41, 5.74) is -2.63. The molecule has 1 aliphatic heterocycles. The first kappa shape index (κ1) is 22.4. The van der Waals surface area contributed by atoms with Crippen molar-refractivity contribution in [2.75, 3.05) is 13.2 Å². The summed E-state index contributed by atoms with van der Waals surface area (Å²) in [6, 6.07) is 5.43. The Balaban J connectivity index is 1.90. The molecular formula is C22H30N2O6. The molecule has 1 aliphatic carbocycles. The Morgan fingerprint density at radius 2 is 1.70 bits per heavy atom. The highest BCUT2D eigenvalue weighted by Gasteiger charge is 2.57. The van der Waals surface area contributed by atoms with Crippen LogP contribution in [0.4, 0.5) is 5.69 Å². The second-order valence-corrected chi connectivity index (χ2v) is 9.14. The van der Waals surface area contributed by atoms with E-state index in [0.29, 0.717) is 25.2 Å². The molecule has 8 heteroatoms. The number of hydrogen-bond donors (Lipinski definition) is 2. The van der Waals surface area contributed by atoms with E-state index in [0.717, 1.165) is 12.8 Å². The molecule has 1 aromatic rings. The summed E-state index contributed by atoms with van der Waals surface area (Å²) < 4.78 is 11.3. The third-order valence-electron chi connectivity index (χ3n) is 6.57. The molecule has 2 atom stereocenters. The number of carbonyl (C=O) groups excluding carboxylic acids is 1. The number of nitro benzene ring substituents is 1. The van der Waals surface area contributed by atoms with Gasteiger partial charge in [0.15, 0.2) is 5.79 Å². The molecule has 2 aliphatic rings. The van der Waals surface area contributed by atoms with Crippen molar-refractivity contribution in [3.05, 3.63) is 52.1 Å². The van der Waals surface area contributed by atoms with E-state index in [4.69, 9.17) is 9.47 Å². The van der Waals surface area contributed by atoms with Gasteiger partial charge >= 0.3 is 0 Å². The summed E-state index contributed by atoms with van der Waals surface area (Å²) in [5, 5.41) is 25.8. The molecule has 8 nitrogen and oxygen atoms in total. The van der Waals surface area contributed by atoms with E-state index in [9.17, 15) is 20.0 Å². The van der Waals surface area contributed by atoms with Crippen LogP contribution < -0.4 is 5.32 Å². The Morgan fingerprint density at radius 3 is 2.27 bits per heavy atom. The average Bonchev–Trinajstić information content (AvgIpc) is 3.11. The van der Waals surface area contributed by atoms with Gasteiger partial charge in [-0.25, -0.2) is 0 Å². The number of hydrogen-bond acceptors (Lipinski definition) is 6. The van der Waals surface area contributed by atoms with Gasteiger partial charge in [-0.3, -0.25) is 14.9 Å². The van der Waals surface area contributed by atoms with E-state index >= 15 is 0 Å². The molecule has 164 valence electrons. The number of ether oxygens (including phenoxy) is 2. The molecule has 3 rings (SSSR count). The maximum atomic E-state index is 13.0. The number of aliphatic hydroxyl groups is 1. The second-order valence-electron chi connectivity index (χ2n) is 9.14. The molecular weight excluding hydrogens is 388 g/mol. The Labute approximate surface area is 176 Å². The number of amides is 1. The lowest BCUT2D eigenvalue weighted by Crippen LogP contribution is -2.69. The van der Waals surface area contributed by atoms with Gasteiger partial charge < -0.3 is 19.9 Å². The molecule has 0 radical (unpaired) electrons. The minimum absolute atomic E-state index is 0.0826. The van der Waals surface area contributed by atoms with Gasteiger partial charge in [0.1, 0.15) is 5.60 Å². The molecule has 2 N–H and O–H groups in total. The van der Waals surface area contributed by atoms with Crippen LogP contribution in [0.1, 0.15) is 57.3 Å². The van der Waals surface area contributed by atoms with E-state index in [2.05, 4.69) is 5.32 Å². The summed E-state index contributed by atoms with van der Waals surface area (Å²) in [5.74, 6) is -1.30. The number of nitro groups is 1. The number of nitrogens with one attached hydrogen (secondary N) is 1. The van der Waals surface area contributed by atoms with Crippen molar-refractivity contribution in [2.45, 2.75) is 63.9 Å². The molecule has 1 aromatic carbocycles. The molecule has 0 aromatic heterocycles. The molecule has 1 saturated carbocycles. The molecule has 1 heterocycles. The first-order valence-electron chi connectivity index (χ1n) is 10.2. The third kappa shape index (κ3) is 3.99. The Kier molecular flexibility index (Phi) is 5.79. The summed E-state index contributed by atoms with van der Waals surface area (Å²) in [6.07, 6.45) is 5.63. The van der Waals surface area contributed by atoms with Crippen molar-refractivity contribution >= 4 is 11.6 Å². The number of rotatable bonds is 5. The number of benzene rings is 1. The lowest BCUT2D eigenvalue weighted by molar-refractivity contribution is -0.384. The Bertz CT molecular complexity index is 844. The minimum atomic E-state index is -1.37. The van der Waals surface area contributed by atoms with Crippen LogP contribution in [0.15, 0.2) is 36.4 Å². The SMILES string of the molecule is CC1(/C=C/[C@@]2(O)C(C)(C)CCC[C@@]2(C)NC(=O)c2ccc([N+](=O)[O-])cc2)OCCO1. The molecule has 1 amide bonds. The van der Waals surface area contributed by atoms with Crippen molar-refractivity contribution in [2.24, 2.45) is 5.41 Å². The van der Waals surface area contributed by atoms with Crippen molar-refractivity contribution < 1.29 is 24.3 Å². The summed E-state index contributed by atoms with van der Waals surface area (Å²) in [6.45, 7) is 8.55. The van der Waals surface area contributed by atoms with Crippen LogP contribution in [0.5, 0.6) is 0 Å². The maximum absolute atomic E-state index is 13.0. The molecule has 1 saturated heterocycles. The van der Waals surface area contributed by atoms with Crippen LogP contribution in [0.2, 0.25) is 0 Å². The van der Waals surface area contributed by atoms with Crippen LogP contribution in [-0.2, 0) is 9.47 Å². The third-order valence-corrected chi connectivity index (χ3v) is 6.57. The van der Waals surface area contributed by atoms with Crippen LogP contribution in [0.25, 0.3) is 0 Å². The Hall–Kier alpha value is -2.29. The average molecular weight is 418 g/mol. The van der Waals surface area contributed by atoms with Crippen molar-refractivity contribution in [3.63, 3.8) is 0 Å². The highest BCUT2D eigenvalue weighted by molar-refractivity contribution is 5.95. The van der Waals surface area contributed by atoms with Crippen LogP contribution in [0.3, 0.4) is 0 Å². The van der Waals surface area contributed by atoms with Gasteiger partial charge in [-0.2, -0.15) is 0 Å². The number of carbonyl (C=O) groups is 1.